The van der Waals surface area contributed by atoms with E-state index >= 15 is 0 Å². The Hall–Kier alpha value is -1.22. The first-order valence-electron chi connectivity index (χ1n) is 5.16. The van der Waals surface area contributed by atoms with Crippen LogP contribution >= 0.6 is 0 Å². The first-order chi connectivity index (χ1) is 7.00. The van der Waals surface area contributed by atoms with E-state index in [4.69, 9.17) is 10.5 Å². The van der Waals surface area contributed by atoms with Gasteiger partial charge in [-0.15, -0.1) is 0 Å². The van der Waals surface area contributed by atoms with E-state index in [0.717, 1.165) is 17.0 Å². The molecule has 0 saturated heterocycles. The van der Waals surface area contributed by atoms with E-state index in [0.29, 0.717) is 12.6 Å². The third-order valence-electron chi connectivity index (χ3n) is 2.62. The maximum atomic E-state index is 5.80. The normalized spacial score (nSPS) is 12.9. The molecule has 1 atom stereocenters. The number of nitrogens with two attached hydrogens (primary N) is 1. The van der Waals surface area contributed by atoms with E-state index in [9.17, 15) is 0 Å². The Kier molecular flexibility index (Phi) is 3.97. The lowest BCUT2D eigenvalue weighted by atomic mass is 10.2. The fraction of sp³-hybridized carbons (Fsp3) is 0.500. The van der Waals surface area contributed by atoms with E-state index in [2.05, 4.69) is 11.8 Å². The fourth-order valence-electron chi connectivity index (χ4n) is 1.07. The van der Waals surface area contributed by atoms with Crippen LogP contribution in [0, 0.1) is 6.92 Å². The van der Waals surface area contributed by atoms with Crippen LogP contribution in [0.2, 0.25) is 0 Å². The van der Waals surface area contributed by atoms with E-state index in [1.54, 1.807) is 0 Å². The second-order valence-electron chi connectivity index (χ2n) is 4.14. The highest BCUT2D eigenvalue weighted by Crippen LogP contribution is 2.19. The highest BCUT2D eigenvalue weighted by Gasteiger charge is 2.05. The molecule has 0 amide bonds. The highest BCUT2D eigenvalue weighted by atomic mass is 16.5. The lowest BCUT2D eigenvalue weighted by Crippen LogP contribution is -2.30. The van der Waals surface area contributed by atoms with Gasteiger partial charge >= 0.3 is 0 Å². The van der Waals surface area contributed by atoms with Gasteiger partial charge in [-0.3, -0.25) is 0 Å². The van der Waals surface area contributed by atoms with Gasteiger partial charge in [0.1, 0.15) is 12.4 Å². The molecule has 0 aliphatic heterocycles. The van der Waals surface area contributed by atoms with Gasteiger partial charge in [0.15, 0.2) is 0 Å². The van der Waals surface area contributed by atoms with Gasteiger partial charge in [-0.05, 0) is 39.6 Å². The summed E-state index contributed by atoms with van der Waals surface area (Å²) < 4.78 is 5.64. The van der Waals surface area contributed by atoms with Crippen molar-refractivity contribution in [3.05, 3.63) is 23.8 Å². The number of hydrogen-bond donors (Lipinski definition) is 1. The predicted octanol–water partition coefficient (Wildman–Crippen LogP) is 1.91. The summed E-state index contributed by atoms with van der Waals surface area (Å²) in [7, 11) is 4.08. The van der Waals surface area contributed by atoms with Crippen LogP contribution < -0.4 is 10.5 Å². The summed E-state index contributed by atoms with van der Waals surface area (Å²) in [6, 6.07) is 6.20. The molecule has 1 rings (SSSR count). The van der Waals surface area contributed by atoms with E-state index in [-0.39, 0.29) is 0 Å². The van der Waals surface area contributed by atoms with Crippen molar-refractivity contribution in [3.63, 3.8) is 0 Å². The second kappa shape index (κ2) is 5.03. The lowest BCUT2D eigenvalue weighted by Gasteiger charge is -2.20. The first kappa shape index (κ1) is 11.9. The largest absolute Gasteiger partial charge is 0.492 e. The van der Waals surface area contributed by atoms with Crippen molar-refractivity contribution in [1.82, 2.24) is 4.90 Å². The van der Waals surface area contributed by atoms with Gasteiger partial charge in [0.2, 0.25) is 0 Å². The highest BCUT2D eigenvalue weighted by molar-refractivity contribution is 5.50. The molecule has 0 aliphatic rings. The zero-order valence-electron chi connectivity index (χ0n) is 9.95. The number of hydrogen-bond acceptors (Lipinski definition) is 3. The molecule has 2 N–H and O–H groups in total. The first-order valence-corrected chi connectivity index (χ1v) is 5.16. The van der Waals surface area contributed by atoms with Crippen molar-refractivity contribution in [3.8, 4) is 5.75 Å². The Labute approximate surface area is 91.8 Å². The van der Waals surface area contributed by atoms with Gasteiger partial charge < -0.3 is 15.4 Å². The minimum Gasteiger partial charge on any atom is -0.492 e. The summed E-state index contributed by atoms with van der Waals surface area (Å²) in [5.41, 5.74) is 7.66. The van der Waals surface area contributed by atoms with Crippen molar-refractivity contribution in [2.75, 3.05) is 26.4 Å². The number of likely N-dealkylation sites (N-methyl/N-ethyl adjacent to an activating group) is 1. The average molecular weight is 208 g/mol. The van der Waals surface area contributed by atoms with E-state index in [1.807, 2.05) is 39.2 Å². The Balaban J connectivity index is 2.55. The predicted molar refractivity (Wildman–Crippen MR) is 64.2 cm³/mol. The minimum absolute atomic E-state index is 0.396. The lowest BCUT2D eigenvalue weighted by molar-refractivity contribution is 0.198. The standard InChI is InChI=1S/C12H20N2O/c1-9-5-6-11(7-12(9)13)15-8-10(2)14(3)4/h5-7,10H,8,13H2,1-4H3. The molecule has 0 spiro atoms. The molecule has 0 saturated carbocycles. The van der Waals surface area contributed by atoms with Crippen LogP contribution in [0.3, 0.4) is 0 Å². The summed E-state index contributed by atoms with van der Waals surface area (Å²) in [6.07, 6.45) is 0. The number of anilines is 1. The maximum Gasteiger partial charge on any atom is 0.121 e. The molecule has 0 heterocycles. The molecule has 0 fully saturated rings. The third kappa shape index (κ3) is 3.44. The number of aryl methyl sites for hydroxylation is 1. The molecular formula is C12H20N2O. The summed E-state index contributed by atoms with van der Waals surface area (Å²) in [6.45, 7) is 4.79. The van der Waals surface area contributed by atoms with Crippen molar-refractivity contribution < 1.29 is 4.74 Å². The van der Waals surface area contributed by atoms with Crippen molar-refractivity contribution in [2.24, 2.45) is 0 Å². The molecule has 0 bridgehead atoms. The molecule has 1 aromatic carbocycles. The van der Waals surface area contributed by atoms with Gasteiger partial charge in [-0.2, -0.15) is 0 Å². The molecule has 0 aliphatic carbocycles. The number of benzene rings is 1. The monoisotopic (exact) mass is 208 g/mol. The molecular weight excluding hydrogens is 188 g/mol. The van der Waals surface area contributed by atoms with Gasteiger partial charge in [0.25, 0.3) is 0 Å². The summed E-state index contributed by atoms with van der Waals surface area (Å²) in [4.78, 5) is 2.12. The fourth-order valence-corrected chi connectivity index (χ4v) is 1.07. The van der Waals surface area contributed by atoms with Crippen molar-refractivity contribution >= 4 is 5.69 Å². The van der Waals surface area contributed by atoms with Crippen LogP contribution in [0.4, 0.5) is 5.69 Å². The number of ether oxygens (including phenoxy) is 1. The van der Waals surface area contributed by atoms with Crippen LogP contribution in [0.5, 0.6) is 5.75 Å². The topological polar surface area (TPSA) is 38.5 Å². The number of nitrogens with zero attached hydrogens (tertiary/aromatic N) is 1. The Morgan fingerprint density at radius 1 is 1.40 bits per heavy atom. The number of rotatable bonds is 4. The maximum absolute atomic E-state index is 5.80. The molecule has 0 aromatic heterocycles. The molecule has 3 heteroatoms. The summed E-state index contributed by atoms with van der Waals surface area (Å²) >= 11 is 0. The molecule has 1 aromatic rings. The number of nitrogen functional groups attached to an aromatic ring is 1. The van der Waals surface area contributed by atoms with Crippen LogP contribution in [0.15, 0.2) is 18.2 Å². The van der Waals surface area contributed by atoms with Crippen molar-refractivity contribution in [2.45, 2.75) is 19.9 Å². The van der Waals surface area contributed by atoms with Crippen LogP contribution in [0.1, 0.15) is 12.5 Å². The van der Waals surface area contributed by atoms with Crippen LogP contribution in [0.25, 0.3) is 0 Å². The molecule has 0 radical (unpaired) electrons. The van der Waals surface area contributed by atoms with E-state index in [1.165, 1.54) is 0 Å². The second-order valence-corrected chi connectivity index (χ2v) is 4.14. The molecule has 3 nitrogen and oxygen atoms in total. The Bertz CT molecular complexity index is 323. The zero-order chi connectivity index (χ0) is 11.4. The summed E-state index contributed by atoms with van der Waals surface area (Å²) in [5, 5.41) is 0. The van der Waals surface area contributed by atoms with Gasteiger partial charge in [0, 0.05) is 17.8 Å². The van der Waals surface area contributed by atoms with E-state index < -0.39 is 0 Å². The Morgan fingerprint density at radius 3 is 2.60 bits per heavy atom. The van der Waals surface area contributed by atoms with Gasteiger partial charge in [-0.1, -0.05) is 6.07 Å². The zero-order valence-corrected chi connectivity index (χ0v) is 9.95. The van der Waals surface area contributed by atoms with Gasteiger partial charge in [-0.25, -0.2) is 0 Å². The summed E-state index contributed by atoms with van der Waals surface area (Å²) in [5.74, 6) is 0.840. The molecule has 84 valence electrons. The molecule has 15 heavy (non-hydrogen) atoms. The Morgan fingerprint density at radius 2 is 2.07 bits per heavy atom. The third-order valence-corrected chi connectivity index (χ3v) is 2.62. The quantitative estimate of drug-likeness (QED) is 0.768. The minimum atomic E-state index is 0.396. The average Bonchev–Trinajstić information content (AvgIpc) is 2.19. The van der Waals surface area contributed by atoms with Crippen LogP contribution in [-0.4, -0.2) is 31.6 Å². The molecule has 1 unspecified atom stereocenters. The smallest absolute Gasteiger partial charge is 0.121 e. The SMILES string of the molecule is Cc1ccc(OCC(C)N(C)C)cc1N. The van der Waals surface area contributed by atoms with Crippen molar-refractivity contribution in [1.29, 1.82) is 0 Å². The van der Waals surface area contributed by atoms with Crippen LogP contribution in [-0.2, 0) is 0 Å². The van der Waals surface area contributed by atoms with Gasteiger partial charge in [0.05, 0.1) is 0 Å².